The summed E-state index contributed by atoms with van der Waals surface area (Å²) in [6.45, 7) is 17.1. The van der Waals surface area contributed by atoms with E-state index in [1.165, 1.54) is 171 Å². The second kappa shape index (κ2) is 12.6. The average Bonchev–Trinajstić information content (AvgIpc) is 4.28. The first-order valence-electron chi connectivity index (χ1n) is 26.9. The molecule has 0 fully saturated rings. The van der Waals surface area contributed by atoms with Gasteiger partial charge in [-0.1, -0.05) is 188 Å². The first kappa shape index (κ1) is 40.3. The Bertz CT molecular complexity index is 4970. The van der Waals surface area contributed by atoms with E-state index in [0.717, 1.165) is 6.42 Å². The summed E-state index contributed by atoms with van der Waals surface area (Å²) in [4.78, 5) is 0. The van der Waals surface area contributed by atoms with Gasteiger partial charge in [-0.2, -0.15) is 0 Å². The van der Waals surface area contributed by atoms with E-state index in [-0.39, 0.29) is 21.7 Å². The third kappa shape index (κ3) is 4.34. The van der Waals surface area contributed by atoms with Crippen molar-refractivity contribution in [3.05, 3.63) is 226 Å². The van der Waals surface area contributed by atoms with Crippen molar-refractivity contribution < 1.29 is 0 Å². The number of fused-ring (bicyclic) bond motifs is 26. The van der Waals surface area contributed by atoms with Crippen molar-refractivity contribution >= 4 is 76.2 Å². The van der Waals surface area contributed by atoms with Crippen molar-refractivity contribution in [3.63, 3.8) is 0 Å². The van der Waals surface area contributed by atoms with Gasteiger partial charge in [0.1, 0.15) is 0 Å². The Hall–Kier alpha value is -8.20. The van der Waals surface area contributed by atoms with Crippen LogP contribution in [0.15, 0.2) is 176 Å². The highest BCUT2D eigenvalue weighted by molar-refractivity contribution is 6.27. The number of aromatic nitrogens is 2. The van der Waals surface area contributed by atoms with Gasteiger partial charge in [0.25, 0.3) is 0 Å². The van der Waals surface area contributed by atoms with Gasteiger partial charge in [-0.3, -0.25) is 0 Å². The molecule has 18 rings (SSSR count). The fraction of sp³-hybridized carbons (Fsp3) is 0.167. The minimum Gasteiger partial charge on any atom is -0.308 e. The molecule has 4 aliphatic carbocycles. The molecule has 0 amide bonds. The lowest BCUT2D eigenvalue weighted by molar-refractivity contribution is 0.583. The van der Waals surface area contributed by atoms with Crippen LogP contribution in [0, 0.1) is 0 Å². The van der Waals surface area contributed by atoms with Crippen LogP contribution < -0.4 is 0 Å². The zero-order valence-corrected chi connectivity index (χ0v) is 42.8. The number of para-hydroxylation sites is 2. The third-order valence-corrected chi connectivity index (χ3v) is 20.0. The lowest BCUT2D eigenvalue weighted by Gasteiger charge is -2.28. The molecule has 350 valence electrons. The summed E-state index contributed by atoms with van der Waals surface area (Å²) < 4.78 is 5.21. The molecule has 4 heterocycles. The average molecular weight is 945 g/mol. The minimum atomic E-state index is -0.232. The fourth-order valence-corrected chi connectivity index (χ4v) is 16.7. The molecule has 1 atom stereocenters. The third-order valence-electron chi connectivity index (χ3n) is 20.0. The van der Waals surface area contributed by atoms with Gasteiger partial charge < -0.3 is 8.80 Å². The molecule has 4 aromatic heterocycles. The molecular weight excluding hydrogens is 893 g/mol. The Kier molecular flexibility index (Phi) is 6.85. The molecule has 0 radical (unpaired) electrons. The van der Waals surface area contributed by atoms with Crippen LogP contribution in [0.3, 0.4) is 0 Å². The smallest absolute Gasteiger partial charge is 0.0620 e. The first-order valence-corrected chi connectivity index (χ1v) is 26.9. The lowest BCUT2D eigenvalue weighted by Crippen LogP contribution is -2.24. The summed E-state index contributed by atoms with van der Waals surface area (Å²) in [5.41, 5.74) is 31.2. The van der Waals surface area contributed by atoms with Gasteiger partial charge in [-0.25, -0.2) is 0 Å². The monoisotopic (exact) mass is 944 g/mol. The van der Waals surface area contributed by atoms with Crippen LogP contribution in [0.1, 0.15) is 98.5 Å². The van der Waals surface area contributed by atoms with E-state index in [1.54, 1.807) is 0 Å². The van der Waals surface area contributed by atoms with E-state index in [1.807, 2.05) is 0 Å². The van der Waals surface area contributed by atoms with Gasteiger partial charge in [-0.05, 0) is 137 Å². The summed E-state index contributed by atoms with van der Waals surface area (Å²) in [7, 11) is 0. The highest BCUT2D eigenvalue weighted by Gasteiger charge is 2.44. The lowest BCUT2D eigenvalue weighted by atomic mass is 9.74. The molecule has 2 nitrogen and oxygen atoms in total. The summed E-state index contributed by atoms with van der Waals surface area (Å²) in [5, 5.41) is 10.9. The van der Waals surface area contributed by atoms with E-state index >= 15 is 0 Å². The standard InChI is InChI=1S/C72H52N2/c1-69(2)53-23-11-9-17-40(53)49-35-61-51(33-57(49)69)44-19-14-20-45-52-34-58-50(36-62(52)74(61)67(44)45)41-18-10-13-25-56(41)72(58,7)37-38-26-29-55-48(32-38)43-28-31-60-64(66(43)71(55,5)6)47-22-15-21-46-63-59(73(60)68(46)47)30-27-42-39-16-8-12-24-54(39)70(3,4)65(42)63/h8-36H,37H2,1-7H3. The number of benzene rings is 10. The zero-order valence-electron chi connectivity index (χ0n) is 42.8. The van der Waals surface area contributed by atoms with E-state index in [2.05, 4.69) is 233 Å². The maximum atomic E-state index is 2.61. The Morgan fingerprint density at radius 1 is 0.297 bits per heavy atom. The number of hydrogen-bond donors (Lipinski definition) is 0. The molecular formula is C72H52N2. The van der Waals surface area contributed by atoms with E-state index in [0.29, 0.717) is 0 Å². The molecule has 4 aliphatic rings. The maximum absolute atomic E-state index is 2.61. The fourth-order valence-electron chi connectivity index (χ4n) is 16.7. The van der Waals surface area contributed by atoms with E-state index < -0.39 is 0 Å². The van der Waals surface area contributed by atoms with Crippen LogP contribution in [0.25, 0.3) is 121 Å². The normalized spacial score (nSPS) is 18.1. The maximum Gasteiger partial charge on any atom is 0.0620 e. The quantitative estimate of drug-likeness (QED) is 0.163. The molecule has 0 spiro atoms. The van der Waals surface area contributed by atoms with Crippen molar-refractivity contribution in [1.82, 2.24) is 8.80 Å². The number of hydrogen-bond acceptors (Lipinski definition) is 0. The minimum absolute atomic E-state index is 0.0487. The molecule has 2 heteroatoms. The molecule has 0 bridgehead atoms. The molecule has 0 N–H and O–H groups in total. The Morgan fingerprint density at radius 3 is 1.36 bits per heavy atom. The highest BCUT2D eigenvalue weighted by atomic mass is 14.9. The second-order valence-corrected chi connectivity index (χ2v) is 24.6. The van der Waals surface area contributed by atoms with Gasteiger partial charge in [-0.15, -0.1) is 0 Å². The van der Waals surface area contributed by atoms with Crippen LogP contribution in [-0.4, -0.2) is 8.80 Å². The van der Waals surface area contributed by atoms with E-state index in [9.17, 15) is 0 Å². The topological polar surface area (TPSA) is 8.82 Å². The second-order valence-electron chi connectivity index (χ2n) is 24.6. The van der Waals surface area contributed by atoms with Crippen molar-refractivity contribution in [2.75, 3.05) is 0 Å². The Morgan fingerprint density at radius 2 is 0.743 bits per heavy atom. The Labute approximate surface area is 429 Å². The van der Waals surface area contributed by atoms with Crippen molar-refractivity contribution in [2.24, 2.45) is 0 Å². The summed E-state index contributed by atoms with van der Waals surface area (Å²) in [5.74, 6) is 0. The molecule has 14 aromatic rings. The first-order chi connectivity index (χ1) is 35.9. The SMILES string of the molecule is CC1(C)c2ccccc2-c2cc3c(cc21)c1cccc2c4cc5c(cc4n3c12)-c1ccccc1C5(C)Cc1ccc2c(c1)-c1ccc3c(c1C2(C)C)c1cccc2c4c5c(ccc4n3c21)-c1ccccc1C5(C)C. The van der Waals surface area contributed by atoms with Gasteiger partial charge >= 0.3 is 0 Å². The molecule has 0 aliphatic heterocycles. The van der Waals surface area contributed by atoms with Crippen LogP contribution in [-0.2, 0) is 28.1 Å². The van der Waals surface area contributed by atoms with Crippen molar-refractivity contribution in [2.45, 2.75) is 76.5 Å². The highest BCUT2D eigenvalue weighted by Crippen LogP contribution is 2.59. The molecule has 10 aromatic carbocycles. The largest absolute Gasteiger partial charge is 0.308 e. The van der Waals surface area contributed by atoms with Gasteiger partial charge in [0, 0.05) is 64.7 Å². The molecule has 0 saturated heterocycles. The molecule has 0 saturated carbocycles. The summed E-state index contributed by atoms with van der Waals surface area (Å²) in [6, 6.07) is 68.8. The van der Waals surface area contributed by atoms with Crippen LogP contribution >= 0.6 is 0 Å². The van der Waals surface area contributed by atoms with Gasteiger partial charge in [0.05, 0.1) is 33.1 Å². The van der Waals surface area contributed by atoms with E-state index in [4.69, 9.17) is 0 Å². The molecule has 1 unspecified atom stereocenters. The predicted octanol–water partition coefficient (Wildman–Crippen LogP) is 18.4. The van der Waals surface area contributed by atoms with Crippen LogP contribution in [0.5, 0.6) is 0 Å². The van der Waals surface area contributed by atoms with Crippen LogP contribution in [0.2, 0.25) is 0 Å². The molecule has 74 heavy (non-hydrogen) atoms. The van der Waals surface area contributed by atoms with Crippen molar-refractivity contribution in [1.29, 1.82) is 0 Å². The number of nitrogens with zero attached hydrogens (tertiary/aromatic N) is 2. The summed E-state index contributed by atoms with van der Waals surface area (Å²) >= 11 is 0. The number of rotatable bonds is 2. The summed E-state index contributed by atoms with van der Waals surface area (Å²) in [6.07, 6.45) is 0.909. The predicted molar refractivity (Wildman–Crippen MR) is 310 cm³/mol. The van der Waals surface area contributed by atoms with Gasteiger partial charge in [0.2, 0.25) is 0 Å². The zero-order chi connectivity index (χ0) is 49.3. The Balaban J connectivity index is 0.800. The van der Waals surface area contributed by atoms with Crippen LogP contribution in [0.4, 0.5) is 0 Å². The van der Waals surface area contributed by atoms with Crippen molar-refractivity contribution in [3.8, 4) is 44.5 Å². The van der Waals surface area contributed by atoms with Gasteiger partial charge in [0.15, 0.2) is 0 Å².